The highest BCUT2D eigenvalue weighted by atomic mass is 16.1. The summed E-state index contributed by atoms with van der Waals surface area (Å²) in [5.41, 5.74) is 5.84. The molecule has 0 saturated carbocycles. The van der Waals surface area contributed by atoms with E-state index in [-0.39, 0.29) is 5.92 Å². The van der Waals surface area contributed by atoms with Crippen molar-refractivity contribution in [3.05, 3.63) is 0 Å². The van der Waals surface area contributed by atoms with Crippen LogP contribution >= 0.6 is 0 Å². The molecule has 17 heavy (non-hydrogen) atoms. The van der Waals surface area contributed by atoms with Gasteiger partial charge in [0.1, 0.15) is 5.71 Å². The van der Waals surface area contributed by atoms with E-state index in [4.69, 9.17) is 5.73 Å². The van der Waals surface area contributed by atoms with Crippen LogP contribution in [0.25, 0.3) is 0 Å². The molecule has 2 rings (SSSR count). The van der Waals surface area contributed by atoms with Gasteiger partial charge in [-0.15, -0.1) is 0 Å². The van der Waals surface area contributed by atoms with E-state index in [1.807, 2.05) is 12.0 Å². The lowest BCUT2D eigenvalue weighted by molar-refractivity contribution is -0.112. The minimum atomic E-state index is -0.391. The molecule has 2 N–H and O–H groups in total. The molecule has 1 unspecified atom stereocenters. The summed E-state index contributed by atoms with van der Waals surface area (Å²) in [6.45, 7) is 7.21. The SMILES string of the molecule is CC1CN(N2[C@H](C)CCC[C@@H]2C)N=C1C(N)=O. The van der Waals surface area contributed by atoms with Gasteiger partial charge in [-0.1, -0.05) is 13.3 Å². The number of piperidine rings is 1. The molecule has 5 nitrogen and oxygen atoms in total. The van der Waals surface area contributed by atoms with E-state index >= 15 is 0 Å². The molecule has 3 atom stereocenters. The summed E-state index contributed by atoms with van der Waals surface area (Å²) < 4.78 is 0. The van der Waals surface area contributed by atoms with Crippen LogP contribution in [0.5, 0.6) is 0 Å². The average Bonchev–Trinajstić information content (AvgIpc) is 2.60. The lowest BCUT2D eigenvalue weighted by atomic mass is 9.99. The number of carbonyl (C=O) groups excluding carboxylic acids is 1. The molecule has 0 bridgehead atoms. The highest BCUT2D eigenvalue weighted by Crippen LogP contribution is 2.27. The fourth-order valence-corrected chi connectivity index (χ4v) is 2.90. The first-order chi connectivity index (χ1) is 8.00. The molecule has 2 aliphatic rings. The Kier molecular flexibility index (Phi) is 3.38. The first-order valence-corrected chi connectivity index (χ1v) is 6.44. The minimum absolute atomic E-state index is 0.133. The van der Waals surface area contributed by atoms with Crippen molar-refractivity contribution in [2.75, 3.05) is 6.54 Å². The van der Waals surface area contributed by atoms with Gasteiger partial charge in [-0.2, -0.15) is 10.1 Å². The Morgan fingerprint density at radius 3 is 2.35 bits per heavy atom. The normalized spacial score (nSPS) is 34.9. The molecule has 1 fully saturated rings. The number of hydrazine groups is 1. The first-order valence-electron chi connectivity index (χ1n) is 6.44. The van der Waals surface area contributed by atoms with Gasteiger partial charge < -0.3 is 5.73 Å². The van der Waals surface area contributed by atoms with Crippen LogP contribution in [0, 0.1) is 5.92 Å². The standard InChI is InChI=1S/C12H22N4O/c1-8-7-15(14-11(8)12(13)17)16-9(2)5-4-6-10(16)3/h8-10H,4-7H2,1-3H3,(H2,13,17)/t8?,9-,10+. The summed E-state index contributed by atoms with van der Waals surface area (Å²) in [6.07, 6.45) is 3.65. The Hall–Kier alpha value is -1.10. The molecule has 1 amide bonds. The molecule has 2 aliphatic heterocycles. The number of hydrogen-bond acceptors (Lipinski definition) is 4. The second kappa shape index (κ2) is 4.64. The molecule has 2 heterocycles. The molecule has 0 aromatic heterocycles. The van der Waals surface area contributed by atoms with Gasteiger partial charge >= 0.3 is 0 Å². The van der Waals surface area contributed by atoms with Gasteiger partial charge in [-0.3, -0.25) is 4.79 Å². The van der Waals surface area contributed by atoms with Crippen molar-refractivity contribution < 1.29 is 4.79 Å². The third-order valence-electron chi connectivity index (χ3n) is 3.79. The molecule has 5 heteroatoms. The number of primary amides is 1. The number of amides is 1. The van der Waals surface area contributed by atoms with Gasteiger partial charge in [0.25, 0.3) is 5.91 Å². The minimum Gasteiger partial charge on any atom is -0.364 e. The quantitative estimate of drug-likeness (QED) is 0.779. The Morgan fingerprint density at radius 2 is 1.88 bits per heavy atom. The zero-order valence-corrected chi connectivity index (χ0v) is 10.9. The second-order valence-electron chi connectivity index (χ2n) is 5.31. The van der Waals surface area contributed by atoms with Gasteiger partial charge in [0.05, 0.1) is 6.54 Å². The number of hydrazone groups is 1. The van der Waals surface area contributed by atoms with Gasteiger partial charge in [-0.05, 0) is 26.7 Å². The van der Waals surface area contributed by atoms with Crippen LogP contribution in [0.2, 0.25) is 0 Å². The molecular formula is C12H22N4O. The molecule has 0 aromatic carbocycles. The number of nitrogens with two attached hydrogens (primary N) is 1. The first kappa shape index (κ1) is 12.4. The zero-order chi connectivity index (χ0) is 12.6. The molecule has 96 valence electrons. The monoisotopic (exact) mass is 238 g/mol. The summed E-state index contributed by atoms with van der Waals surface area (Å²) in [5.74, 6) is -0.258. The number of hydrogen-bond donors (Lipinski definition) is 1. The lowest BCUT2D eigenvalue weighted by Crippen LogP contribution is -2.51. The molecular weight excluding hydrogens is 216 g/mol. The van der Waals surface area contributed by atoms with E-state index in [9.17, 15) is 4.79 Å². The van der Waals surface area contributed by atoms with Crippen LogP contribution in [0.3, 0.4) is 0 Å². The van der Waals surface area contributed by atoms with E-state index < -0.39 is 5.91 Å². The van der Waals surface area contributed by atoms with Crippen LogP contribution in [0.4, 0.5) is 0 Å². The number of rotatable bonds is 2. The van der Waals surface area contributed by atoms with Crippen LogP contribution in [0.15, 0.2) is 5.10 Å². The number of carbonyl (C=O) groups is 1. The van der Waals surface area contributed by atoms with Crippen LogP contribution < -0.4 is 5.73 Å². The topological polar surface area (TPSA) is 61.9 Å². The maximum Gasteiger partial charge on any atom is 0.265 e. The third kappa shape index (κ3) is 2.29. The summed E-state index contributed by atoms with van der Waals surface area (Å²) >= 11 is 0. The summed E-state index contributed by atoms with van der Waals surface area (Å²) in [6, 6.07) is 0.976. The van der Waals surface area contributed by atoms with Crippen molar-refractivity contribution in [1.29, 1.82) is 0 Å². The fourth-order valence-electron chi connectivity index (χ4n) is 2.90. The van der Waals surface area contributed by atoms with Crippen molar-refractivity contribution in [1.82, 2.24) is 10.1 Å². The maximum atomic E-state index is 11.2. The Balaban J connectivity index is 2.15. The highest BCUT2D eigenvalue weighted by molar-refractivity contribution is 6.39. The predicted molar refractivity (Wildman–Crippen MR) is 67.1 cm³/mol. The lowest BCUT2D eigenvalue weighted by Gasteiger charge is -2.43. The molecule has 1 saturated heterocycles. The summed E-state index contributed by atoms with van der Waals surface area (Å²) in [4.78, 5) is 11.2. The van der Waals surface area contributed by atoms with Crippen molar-refractivity contribution in [3.63, 3.8) is 0 Å². The van der Waals surface area contributed by atoms with Crippen molar-refractivity contribution in [2.45, 2.75) is 52.1 Å². The zero-order valence-electron chi connectivity index (χ0n) is 10.9. The van der Waals surface area contributed by atoms with Gasteiger partial charge in [0.2, 0.25) is 0 Å². The Labute approximate surface area is 103 Å². The molecule has 0 radical (unpaired) electrons. The smallest absolute Gasteiger partial charge is 0.265 e. The Morgan fingerprint density at radius 1 is 1.29 bits per heavy atom. The second-order valence-corrected chi connectivity index (χ2v) is 5.31. The van der Waals surface area contributed by atoms with Crippen LogP contribution in [-0.4, -0.2) is 40.4 Å². The fraction of sp³-hybridized carbons (Fsp3) is 0.833. The van der Waals surface area contributed by atoms with Crippen molar-refractivity contribution in [3.8, 4) is 0 Å². The van der Waals surface area contributed by atoms with Gasteiger partial charge in [-0.25, -0.2) is 5.12 Å². The van der Waals surface area contributed by atoms with Crippen LogP contribution in [-0.2, 0) is 4.79 Å². The predicted octanol–water partition coefficient (Wildman–Crippen LogP) is 0.957. The number of nitrogens with zero attached hydrogens (tertiary/aromatic N) is 3. The average molecular weight is 238 g/mol. The Bertz CT molecular complexity index is 331. The van der Waals surface area contributed by atoms with Crippen LogP contribution in [0.1, 0.15) is 40.0 Å². The maximum absolute atomic E-state index is 11.2. The molecule has 0 aliphatic carbocycles. The van der Waals surface area contributed by atoms with Gasteiger partial charge in [0.15, 0.2) is 0 Å². The summed E-state index contributed by atoms with van der Waals surface area (Å²) in [5, 5.41) is 8.65. The summed E-state index contributed by atoms with van der Waals surface area (Å²) in [7, 11) is 0. The van der Waals surface area contributed by atoms with E-state index in [1.54, 1.807) is 0 Å². The van der Waals surface area contributed by atoms with Crippen molar-refractivity contribution >= 4 is 11.6 Å². The molecule has 0 spiro atoms. The largest absolute Gasteiger partial charge is 0.364 e. The van der Waals surface area contributed by atoms with E-state index in [0.29, 0.717) is 17.8 Å². The highest BCUT2D eigenvalue weighted by Gasteiger charge is 2.35. The van der Waals surface area contributed by atoms with E-state index in [2.05, 4.69) is 24.0 Å². The van der Waals surface area contributed by atoms with E-state index in [0.717, 1.165) is 6.54 Å². The third-order valence-corrected chi connectivity index (χ3v) is 3.79. The van der Waals surface area contributed by atoms with E-state index in [1.165, 1.54) is 19.3 Å². The molecule has 0 aromatic rings. The van der Waals surface area contributed by atoms with Crippen molar-refractivity contribution in [2.24, 2.45) is 16.8 Å². The van der Waals surface area contributed by atoms with Gasteiger partial charge in [0, 0.05) is 18.0 Å².